The summed E-state index contributed by atoms with van der Waals surface area (Å²) in [5, 5.41) is 20.0. The number of aliphatic hydroxyl groups excluding tert-OH is 1. The average Bonchev–Trinajstić information content (AvgIpc) is 2.76. The van der Waals surface area contributed by atoms with Crippen molar-refractivity contribution >= 4 is 5.78 Å². The number of hydrogen-bond donors (Lipinski definition) is 2. The van der Waals surface area contributed by atoms with Gasteiger partial charge in [0.25, 0.3) is 0 Å². The van der Waals surface area contributed by atoms with Crippen molar-refractivity contribution in [1.82, 2.24) is 0 Å². The number of phenols is 1. The van der Waals surface area contributed by atoms with Crippen LogP contribution >= 0.6 is 0 Å². The first-order valence-electron chi connectivity index (χ1n) is 8.05. The quantitative estimate of drug-likeness (QED) is 0.769. The Labute approximate surface area is 125 Å². The lowest BCUT2D eigenvalue weighted by Crippen LogP contribution is -2.44. The molecular formula is C18H22O3. The number of aliphatic hydroxyl groups is 1. The highest BCUT2D eigenvalue weighted by Crippen LogP contribution is 2.60. The minimum Gasteiger partial charge on any atom is -0.508 e. The van der Waals surface area contributed by atoms with Crippen molar-refractivity contribution in [3.8, 4) is 5.75 Å². The molecule has 1 aromatic rings. The number of carbonyl (C=O) groups is 1. The molecule has 0 bridgehead atoms. The Balaban J connectivity index is 1.77. The van der Waals surface area contributed by atoms with Crippen molar-refractivity contribution in [2.75, 3.05) is 0 Å². The molecule has 0 aliphatic heterocycles. The molecule has 0 heterocycles. The molecule has 21 heavy (non-hydrogen) atoms. The first kappa shape index (κ1) is 13.3. The summed E-state index contributed by atoms with van der Waals surface area (Å²) >= 11 is 0. The Bertz CT molecular complexity index is 608. The Morgan fingerprint density at radius 3 is 2.86 bits per heavy atom. The van der Waals surface area contributed by atoms with Gasteiger partial charge >= 0.3 is 0 Å². The third kappa shape index (κ3) is 1.73. The van der Waals surface area contributed by atoms with Gasteiger partial charge in [-0.2, -0.15) is 0 Å². The second-order valence-corrected chi connectivity index (χ2v) is 7.41. The van der Waals surface area contributed by atoms with Gasteiger partial charge < -0.3 is 10.2 Å². The molecule has 3 nitrogen and oxygen atoms in total. The van der Waals surface area contributed by atoms with E-state index >= 15 is 0 Å². The van der Waals surface area contributed by atoms with Crippen LogP contribution in [0.25, 0.3) is 0 Å². The van der Waals surface area contributed by atoms with E-state index in [9.17, 15) is 15.0 Å². The molecule has 0 saturated heterocycles. The van der Waals surface area contributed by atoms with Crippen LogP contribution in [0.4, 0.5) is 0 Å². The maximum atomic E-state index is 12.5. The van der Waals surface area contributed by atoms with Crippen LogP contribution in [0.15, 0.2) is 18.2 Å². The number of fused-ring (bicyclic) bond motifs is 5. The van der Waals surface area contributed by atoms with Crippen molar-refractivity contribution in [3.05, 3.63) is 29.3 Å². The first-order valence-corrected chi connectivity index (χ1v) is 8.05. The molecule has 0 radical (unpaired) electrons. The number of carbonyl (C=O) groups excluding carboxylic acids is 1. The van der Waals surface area contributed by atoms with Gasteiger partial charge in [-0.3, -0.25) is 4.79 Å². The lowest BCUT2D eigenvalue weighted by Gasteiger charge is -2.49. The second-order valence-electron chi connectivity index (χ2n) is 7.41. The van der Waals surface area contributed by atoms with Crippen LogP contribution in [-0.4, -0.2) is 22.1 Å². The molecule has 0 unspecified atom stereocenters. The Hall–Kier alpha value is -1.35. The predicted molar refractivity (Wildman–Crippen MR) is 79.4 cm³/mol. The fourth-order valence-electron chi connectivity index (χ4n) is 5.36. The molecule has 0 spiro atoms. The van der Waals surface area contributed by atoms with Gasteiger partial charge in [-0.1, -0.05) is 13.0 Å². The Morgan fingerprint density at radius 2 is 2.05 bits per heavy atom. The maximum absolute atomic E-state index is 12.5. The smallest absolute Gasteiger partial charge is 0.163 e. The summed E-state index contributed by atoms with van der Waals surface area (Å²) in [5.41, 5.74) is 1.84. The van der Waals surface area contributed by atoms with E-state index in [-0.39, 0.29) is 23.1 Å². The summed E-state index contributed by atoms with van der Waals surface area (Å²) < 4.78 is 0. The average molecular weight is 286 g/mol. The van der Waals surface area contributed by atoms with Gasteiger partial charge in [0.15, 0.2) is 5.78 Å². The molecule has 2 N–H and O–H groups in total. The highest BCUT2D eigenvalue weighted by atomic mass is 16.3. The summed E-state index contributed by atoms with van der Waals surface area (Å²) in [5.74, 6) is 1.58. The zero-order chi connectivity index (χ0) is 14.8. The number of rotatable bonds is 0. The zero-order valence-corrected chi connectivity index (χ0v) is 12.4. The van der Waals surface area contributed by atoms with E-state index in [4.69, 9.17) is 0 Å². The number of aromatic hydroxyl groups is 1. The van der Waals surface area contributed by atoms with Gasteiger partial charge in [0.1, 0.15) is 5.75 Å². The van der Waals surface area contributed by atoms with E-state index in [1.165, 1.54) is 0 Å². The Kier molecular flexibility index (Phi) is 2.74. The van der Waals surface area contributed by atoms with Crippen LogP contribution in [-0.2, 0) is 0 Å². The van der Waals surface area contributed by atoms with Crippen molar-refractivity contribution in [2.45, 2.75) is 51.0 Å². The van der Waals surface area contributed by atoms with Crippen LogP contribution in [0.2, 0.25) is 0 Å². The fourth-order valence-corrected chi connectivity index (χ4v) is 5.36. The van der Waals surface area contributed by atoms with Crippen molar-refractivity contribution in [3.63, 3.8) is 0 Å². The normalized spacial score (nSPS) is 41.3. The molecule has 2 saturated carbocycles. The lowest BCUT2D eigenvalue weighted by atomic mass is 9.55. The summed E-state index contributed by atoms with van der Waals surface area (Å²) in [4.78, 5) is 12.5. The number of hydrogen-bond acceptors (Lipinski definition) is 3. The number of benzene rings is 1. The van der Waals surface area contributed by atoms with Crippen LogP contribution in [0.3, 0.4) is 0 Å². The molecule has 4 rings (SSSR count). The summed E-state index contributed by atoms with van der Waals surface area (Å²) in [6.07, 6.45) is 4.36. The van der Waals surface area contributed by atoms with E-state index in [0.717, 1.165) is 36.8 Å². The molecule has 1 aromatic carbocycles. The van der Waals surface area contributed by atoms with Gasteiger partial charge in [0, 0.05) is 12.0 Å². The standard InChI is InChI=1S/C18H22O3/c1-18-7-6-12-11-3-2-10(19)8-14(11)16(20)9-13(12)15(18)4-5-17(18)21/h2-3,8,12-13,15,17,19,21H,4-7,9H2,1H3/t12-,13-,15+,17+,18+/m1/s1. The SMILES string of the molecule is C[C@]12CC[C@@H]3c4ccc(O)cc4C(=O)C[C@H]3[C@@H]1CC[C@@H]2O. The highest BCUT2D eigenvalue weighted by molar-refractivity contribution is 5.99. The molecule has 3 aliphatic rings. The van der Waals surface area contributed by atoms with Crippen molar-refractivity contribution in [2.24, 2.45) is 17.3 Å². The lowest BCUT2D eigenvalue weighted by molar-refractivity contribution is -0.0208. The minimum atomic E-state index is -0.209. The largest absolute Gasteiger partial charge is 0.508 e. The van der Waals surface area contributed by atoms with Crippen LogP contribution in [0.5, 0.6) is 5.75 Å². The first-order chi connectivity index (χ1) is 10.0. The van der Waals surface area contributed by atoms with Crippen LogP contribution in [0.1, 0.15) is 60.9 Å². The van der Waals surface area contributed by atoms with Crippen molar-refractivity contribution < 1.29 is 15.0 Å². The van der Waals surface area contributed by atoms with Gasteiger partial charge in [0.2, 0.25) is 0 Å². The molecule has 2 fully saturated rings. The third-order valence-electron chi connectivity index (χ3n) is 6.54. The van der Waals surface area contributed by atoms with Gasteiger partial charge in [-0.05, 0) is 66.5 Å². The monoisotopic (exact) mass is 286 g/mol. The third-order valence-corrected chi connectivity index (χ3v) is 6.54. The predicted octanol–water partition coefficient (Wildman–Crippen LogP) is 3.25. The van der Waals surface area contributed by atoms with Gasteiger partial charge in [-0.15, -0.1) is 0 Å². The molecule has 0 amide bonds. The van der Waals surface area contributed by atoms with E-state index < -0.39 is 0 Å². The molecular weight excluding hydrogens is 264 g/mol. The zero-order valence-electron chi connectivity index (χ0n) is 12.4. The number of ketones is 1. The second kappa shape index (κ2) is 4.33. The summed E-state index contributed by atoms with van der Waals surface area (Å²) in [6.45, 7) is 2.21. The molecule has 112 valence electrons. The maximum Gasteiger partial charge on any atom is 0.163 e. The molecule has 3 heteroatoms. The summed E-state index contributed by atoms with van der Waals surface area (Å²) in [6, 6.07) is 5.27. The topological polar surface area (TPSA) is 57.5 Å². The van der Waals surface area contributed by atoms with E-state index in [1.54, 1.807) is 12.1 Å². The van der Waals surface area contributed by atoms with Crippen LogP contribution in [0, 0.1) is 17.3 Å². The van der Waals surface area contributed by atoms with E-state index in [1.807, 2.05) is 6.07 Å². The molecule has 5 atom stereocenters. The summed E-state index contributed by atoms with van der Waals surface area (Å²) in [7, 11) is 0. The molecule has 0 aromatic heterocycles. The fraction of sp³-hybridized carbons (Fsp3) is 0.611. The molecule has 3 aliphatic carbocycles. The number of Topliss-reactive ketones (excluding diaryl/α,β-unsaturated/α-hetero) is 1. The van der Waals surface area contributed by atoms with Crippen LogP contribution < -0.4 is 0 Å². The Morgan fingerprint density at radius 1 is 1.24 bits per heavy atom. The van der Waals surface area contributed by atoms with Gasteiger partial charge in [-0.25, -0.2) is 0 Å². The van der Waals surface area contributed by atoms with Gasteiger partial charge in [0.05, 0.1) is 6.10 Å². The van der Waals surface area contributed by atoms with E-state index in [2.05, 4.69) is 6.92 Å². The van der Waals surface area contributed by atoms with E-state index in [0.29, 0.717) is 24.2 Å². The highest BCUT2D eigenvalue weighted by Gasteiger charge is 2.55. The van der Waals surface area contributed by atoms with Crippen molar-refractivity contribution in [1.29, 1.82) is 0 Å². The minimum absolute atomic E-state index is 0.00410. The number of phenolic OH excluding ortho intramolecular Hbond substituents is 1.